The molecule has 2 fully saturated rings. The number of rotatable bonds is 4. The van der Waals surface area contributed by atoms with Gasteiger partial charge >= 0.3 is 0 Å². The molecule has 0 saturated carbocycles. The van der Waals surface area contributed by atoms with Gasteiger partial charge in [0.25, 0.3) is 5.91 Å². The first-order valence-corrected chi connectivity index (χ1v) is 12.9. The van der Waals surface area contributed by atoms with Gasteiger partial charge in [-0.2, -0.15) is 0 Å². The van der Waals surface area contributed by atoms with Crippen LogP contribution in [0.25, 0.3) is 0 Å². The summed E-state index contributed by atoms with van der Waals surface area (Å²) in [5, 5.41) is 0. The van der Waals surface area contributed by atoms with E-state index in [0.29, 0.717) is 18.7 Å². The van der Waals surface area contributed by atoms with Gasteiger partial charge in [-0.15, -0.1) is 0 Å². The van der Waals surface area contributed by atoms with Gasteiger partial charge in [0.2, 0.25) is 10.0 Å². The van der Waals surface area contributed by atoms with Crippen LogP contribution in [-0.4, -0.2) is 54.4 Å². The van der Waals surface area contributed by atoms with Gasteiger partial charge in [-0.25, -0.2) is 12.7 Å². The molecular weight excluding hydrogens is 410 g/mol. The van der Waals surface area contributed by atoms with Crippen LogP contribution in [0.5, 0.6) is 0 Å². The zero-order chi connectivity index (χ0) is 22.2. The fourth-order valence-electron chi connectivity index (χ4n) is 4.87. The van der Waals surface area contributed by atoms with E-state index in [9.17, 15) is 13.2 Å². The molecule has 6 nitrogen and oxygen atoms in total. The first-order chi connectivity index (χ1) is 14.7. The van der Waals surface area contributed by atoms with Crippen LogP contribution < -0.4 is 0 Å². The van der Waals surface area contributed by atoms with Crippen LogP contribution in [0, 0.1) is 13.8 Å². The van der Waals surface area contributed by atoms with Gasteiger partial charge < -0.3 is 4.90 Å². The maximum absolute atomic E-state index is 13.3. The van der Waals surface area contributed by atoms with Gasteiger partial charge in [-0.1, -0.05) is 23.8 Å². The topological polar surface area (TPSA) is 70.6 Å². The number of sulfonamides is 1. The smallest absolute Gasteiger partial charge is 0.255 e. The fourth-order valence-corrected chi connectivity index (χ4v) is 5.75. The van der Waals surface area contributed by atoms with Crippen molar-refractivity contribution in [2.75, 3.05) is 25.9 Å². The van der Waals surface area contributed by atoms with Crippen molar-refractivity contribution in [3.8, 4) is 0 Å². The SMILES string of the molecule is Cc1ccc(C)c(C2CCCN2C(=O)c2ccc(C3CCN(S(C)(=O)=O)CC3)nc2)c1. The Hall–Kier alpha value is -2.25. The molecule has 0 radical (unpaired) electrons. The molecule has 3 heterocycles. The molecule has 1 aromatic heterocycles. The maximum Gasteiger partial charge on any atom is 0.255 e. The second-order valence-electron chi connectivity index (χ2n) is 8.92. The van der Waals surface area contributed by atoms with Gasteiger partial charge in [0.1, 0.15) is 0 Å². The lowest BCUT2D eigenvalue weighted by Crippen LogP contribution is -2.37. The van der Waals surface area contributed by atoms with Crippen LogP contribution in [-0.2, 0) is 10.0 Å². The molecule has 1 aromatic carbocycles. The van der Waals surface area contributed by atoms with Crippen molar-refractivity contribution in [2.45, 2.75) is 51.5 Å². The summed E-state index contributed by atoms with van der Waals surface area (Å²) in [4.78, 5) is 19.9. The number of pyridine rings is 1. The molecule has 1 unspecified atom stereocenters. The first kappa shape index (κ1) is 22.0. The summed E-state index contributed by atoms with van der Waals surface area (Å²) in [5.41, 5.74) is 5.25. The molecule has 7 heteroatoms. The zero-order valence-electron chi connectivity index (χ0n) is 18.5. The van der Waals surface area contributed by atoms with Crippen LogP contribution in [0.2, 0.25) is 0 Å². The number of hydrogen-bond donors (Lipinski definition) is 0. The Morgan fingerprint density at radius 3 is 2.42 bits per heavy atom. The van der Waals surface area contributed by atoms with E-state index in [1.54, 1.807) is 6.20 Å². The molecule has 2 aromatic rings. The lowest BCUT2D eigenvalue weighted by molar-refractivity contribution is 0.0734. The molecule has 1 atom stereocenters. The highest BCUT2D eigenvalue weighted by atomic mass is 32.2. The minimum atomic E-state index is -3.13. The Morgan fingerprint density at radius 1 is 1.03 bits per heavy atom. The van der Waals surface area contributed by atoms with Gasteiger partial charge in [-0.3, -0.25) is 9.78 Å². The molecule has 2 aliphatic heterocycles. The first-order valence-electron chi connectivity index (χ1n) is 11.0. The van der Waals surface area contributed by atoms with Gasteiger partial charge in [-0.05, 0) is 62.8 Å². The molecule has 0 N–H and O–H groups in total. The molecular formula is C24H31N3O3S. The number of likely N-dealkylation sites (tertiary alicyclic amines) is 1. The molecule has 4 rings (SSSR count). The number of aryl methyl sites for hydroxylation is 2. The Bertz CT molecular complexity index is 1060. The summed E-state index contributed by atoms with van der Waals surface area (Å²) in [6, 6.07) is 10.4. The van der Waals surface area contributed by atoms with Crippen molar-refractivity contribution in [3.05, 3.63) is 64.5 Å². The lowest BCUT2D eigenvalue weighted by atomic mass is 9.94. The number of aromatic nitrogens is 1. The number of carbonyl (C=O) groups excluding carboxylic acids is 1. The average Bonchev–Trinajstić information content (AvgIpc) is 3.24. The van der Waals surface area contributed by atoms with Gasteiger partial charge in [0, 0.05) is 37.4 Å². The zero-order valence-corrected chi connectivity index (χ0v) is 19.4. The van der Waals surface area contributed by atoms with E-state index in [2.05, 4.69) is 37.0 Å². The van der Waals surface area contributed by atoms with Crippen LogP contribution >= 0.6 is 0 Å². The van der Waals surface area contributed by atoms with E-state index in [-0.39, 0.29) is 17.9 Å². The van der Waals surface area contributed by atoms with Crippen molar-refractivity contribution in [2.24, 2.45) is 0 Å². The maximum atomic E-state index is 13.3. The minimum absolute atomic E-state index is 0.0364. The summed E-state index contributed by atoms with van der Waals surface area (Å²) in [7, 11) is -3.13. The molecule has 2 saturated heterocycles. The van der Waals surface area contributed by atoms with E-state index in [0.717, 1.165) is 37.9 Å². The molecule has 31 heavy (non-hydrogen) atoms. The Kier molecular flexibility index (Phi) is 6.17. The van der Waals surface area contributed by atoms with Crippen LogP contribution in [0.3, 0.4) is 0 Å². The van der Waals surface area contributed by atoms with E-state index in [4.69, 9.17) is 0 Å². The lowest BCUT2D eigenvalue weighted by Gasteiger charge is -2.30. The summed E-state index contributed by atoms with van der Waals surface area (Å²) in [6.07, 6.45) is 6.46. The van der Waals surface area contributed by atoms with Crippen molar-refractivity contribution in [1.82, 2.24) is 14.2 Å². The summed E-state index contributed by atoms with van der Waals surface area (Å²) in [5.74, 6) is 0.269. The molecule has 2 aliphatic rings. The van der Waals surface area contributed by atoms with E-state index >= 15 is 0 Å². The number of nitrogens with zero attached hydrogens (tertiary/aromatic N) is 3. The van der Waals surface area contributed by atoms with Crippen molar-refractivity contribution < 1.29 is 13.2 Å². The predicted molar refractivity (Wildman–Crippen MR) is 122 cm³/mol. The van der Waals surface area contributed by atoms with Crippen LogP contribution in [0.15, 0.2) is 36.5 Å². The van der Waals surface area contributed by atoms with Crippen molar-refractivity contribution in [1.29, 1.82) is 0 Å². The largest absolute Gasteiger partial charge is 0.332 e. The minimum Gasteiger partial charge on any atom is -0.332 e. The molecule has 1 amide bonds. The third-order valence-electron chi connectivity index (χ3n) is 6.68. The van der Waals surface area contributed by atoms with E-state index < -0.39 is 10.0 Å². The summed E-state index contributed by atoms with van der Waals surface area (Å²) < 4.78 is 25.0. The second kappa shape index (κ2) is 8.71. The van der Waals surface area contributed by atoms with Crippen LogP contribution in [0.4, 0.5) is 0 Å². The Labute approximate surface area is 185 Å². The third-order valence-corrected chi connectivity index (χ3v) is 7.99. The third kappa shape index (κ3) is 4.67. The molecule has 0 spiro atoms. The van der Waals surface area contributed by atoms with Crippen LogP contribution in [0.1, 0.15) is 70.4 Å². The highest BCUT2D eigenvalue weighted by Gasteiger charge is 2.32. The Balaban J connectivity index is 1.46. The highest BCUT2D eigenvalue weighted by Crippen LogP contribution is 2.35. The molecule has 0 aliphatic carbocycles. The average molecular weight is 442 g/mol. The number of benzene rings is 1. The predicted octanol–water partition coefficient (Wildman–Crippen LogP) is 3.81. The molecule has 166 valence electrons. The fraction of sp³-hybridized carbons (Fsp3) is 0.500. The summed E-state index contributed by atoms with van der Waals surface area (Å²) >= 11 is 0. The quantitative estimate of drug-likeness (QED) is 0.723. The normalized spacial score (nSPS) is 20.9. The second-order valence-corrected chi connectivity index (χ2v) is 10.9. The molecule has 0 bridgehead atoms. The van der Waals surface area contributed by atoms with Gasteiger partial charge in [0.15, 0.2) is 0 Å². The number of piperidine rings is 1. The standard InChI is InChI=1S/C24H31N3O3S/c1-17-6-7-18(2)21(15-17)23-5-4-12-27(23)24(28)20-8-9-22(25-16-20)19-10-13-26(14-11-19)31(3,29)30/h6-9,15-16,19,23H,4-5,10-14H2,1-3H3. The number of carbonyl (C=O) groups is 1. The van der Waals surface area contributed by atoms with E-state index in [1.165, 1.54) is 27.3 Å². The van der Waals surface area contributed by atoms with E-state index in [1.807, 2.05) is 17.0 Å². The van der Waals surface area contributed by atoms with Crippen molar-refractivity contribution in [3.63, 3.8) is 0 Å². The van der Waals surface area contributed by atoms with Crippen molar-refractivity contribution >= 4 is 15.9 Å². The number of hydrogen-bond acceptors (Lipinski definition) is 4. The summed E-state index contributed by atoms with van der Waals surface area (Å²) in [6.45, 7) is 6.02. The number of amides is 1. The van der Waals surface area contributed by atoms with Gasteiger partial charge in [0.05, 0.1) is 17.9 Å². The highest BCUT2D eigenvalue weighted by molar-refractivity contribution is 7.88. The Morgan fingerprint density at radius 2 is 1.77 bits per heavy atom. The monoisotopic (exact) mass is 441 g/mol.